The van der Waals surface area contributed by atoms with Crippen LogP contribution in [0.2, 0.25) is 0 Å². The standard InChI is InChI=1S/C14H16N3O2/c1-13(2)14(3,4)17(19)12(16(13)18)11-7-5-10(9-15)6-8-11/h5-8H,1-4H3. The summed E-state index contributed by atoms with van der Waals surface area (Å²) >= 11 is 0. The van der Waals surface area contributed by atoms with Crippen LogP contribution in [0.1, 0.15) is 38.8 Å². The first kappa shape index (κ1) is 13.4. The van der Waals surface area contributed by atoms with E-state index >= 15 is 0 Å². The first-order valence-electron chi connectivity index (χ1n) is 6.05. The molecule has 0 spiro atoms. The van der Waals surface area contributed by atoms with E-state index in [2.05, 4.69) is 0 Å². The summed E-state index contributed by atoms with van der Waals surface area (Å²) in [4.78, 5) is 0. The topological polar surface area (TPSA) is 73.0 Å². The van der Waals surface area contributed by atoms with Gasteiger partial charge < -0.3 is 5.21 Å². The van der Waals surface area contributed by atoms with Crippen molar-refractivity contribution in [3.05, 3.63) is 40.6 Å². The Hall–Kier alpha value is -2.06. The van der Waals surface area contributed by atoms with Crippen molar-refractivity contribution in [1.82, 2.24) is 5.06 Å². The first-order chi connectivity index (χ1) is 8.73. The fourth-order valence-electron chi connectivity index (χ4n) is 2.04. The maximum Gasteiger partial charge on any atom is 0.316 e. The van der Waals surface area contributed by atoms with Crippen LogP contribution in [0.5, 0.6) is 0 Å². The molecular formula is C14H16N3O2. The van der Waals surface area contributed by atoms with Crippen molar-refractivity contribution < 1.29 is 9.95 Å². The molecule has 0 unspecified atom stereocenters. The maximum absolute atomic E-state index is 12.4. The van der Waals surface area contributed by atoms with Crippen molar-refractivity contribution in [2.45, 2.75) is 38.8 Å². The number of nitrogens with zero attached hydrogens (tertiary/aromatic N) is 3. The molecular weight excluding hydrogens is 242 g/mol. The fourth-order valence-corrected chi connectivity index (χ4v) is 2.04. The largest absolute Gasteiger partial charge is 0.714 e. The molecule has 2 rings (SSSR count). The Kier molecular flexibility index (Phi) is 2.79. The van der Waals surface area contributed by atoms with Crippen molar-refractivity contribution in [2.24, 2.45) is 0 Å². The van der Waals surface area contributed by atoms with Crippen molar-refractivity contribution in [3.8, 4) is 6.07 Å². The molecule has 5 nitrogen and oxygen atoms in total. The van der Waals surface area contributed by atoms with Crippen LogP contribution in [0.3, 0.4) is 0 Å². The monoisotopic (exact) mass is 258 g/mol. The van der Waals surface area contributed by atoms with E-state index in [1.807, 2.05) is 6.07 Å². The van der Waals surface area contributed by atoms with E-state index in [4.69, 9.17) is 5.26 Å². The highest BCUT2D eigenvalue weighted by Crippen LogP contribution is 2.37. The van der Waals surface area contributed by atoms with Crippen LogP contribution in [-0.2, 0) is 5.21 Å². The molecule has 0 N–H and O–H groups in total. The quantitative estimate of drug-likeness (QED) is 0.571. The molecule has 0 saturated carbocycles. The normalized spacial score (nSPS) is 20.5. The zero-order valence-electron chi connectivity index (χ0n) is 11.5. The van der Waals surface area contributed by atoms with Crippen LogP contribution in [0.25, 0.3) is 0 Å². The Morgan fingerprint density at radius 1 is 1.21 bits per heavy atom. The second-order valence-electron chi connectivity index (χ2n) is 5.72. The van der Waals surface area contributed by atoms with Crippen LogP contribution in [0.4, 0.5) is 0 Å². The molecule has 0 amide bonds. The molecule has 1 aliphatic heterocycles. The van der Waals surface area contributed by atoms with Crippen molar-refractivity contribution in [1.29, 1.82) is 5.26 Å². The van der Waals surface area contributed by atoms with Gasteiger partial charge in [0.15, 0.2) is 5.54 Å². The van der Waals surface area contributed by atoms with Gasteiger partial charge in [0.25, 0.3) is 0 Å². The average Bonchev–Trinajstić information content (AvgIpc) is 2.49. The molecule has 0 aromatic heterocycles. The summed E-state index contributed by atoms with van der Waals surface area (Å²) in [6.07, 6.45) is 0. The van der Waals surface area contributed by atoms with Crippen LogP contribution < -0.4 is 0 Å². The van der Waals surface area contributed by atoms with Crippen LogP contribution >= 0.6 is 0 Å². The summed E-state index contributed by atoms with van der Waals surface area (Å²) in [7, 11) is 0. The minimum atomic E-state index is -0.821. The maximum atomic E-state index is 12.4. The second-order valence-corrected chi connectivity index (χ2v) is 5.72. The lowest BCUT2D eigenvalue weighted by atomic mass is 9.84. The molecule has 99 valence electrons. The van der Waals surface area contributed by atoms with Gasteiger partial charge in [-0.3, -0.25) is 4.74 Å². The smallest absolute Gasteiger partial charge is 0.316 e. The van der Waals surface area contributed by atoms with Crippen LogP contribution in [-0.4, -0.2) is 26.7 Å². The van der Waals surface area contributed by atoms with Crippen molar-refractivity contribution in [2.75, 3.05) is 0 Å². The highest BCUT2D eigenvalue weighted by molar-refractivity contribution is 5.96. The summed E-state index contributed by atoms with van der Waals surface area (Å²) in [6, 6.07) is 8.46. The van der Waals surface area contributed by atoms with Gasteiger partial charge in [0.05, 0.1) is 17.2 Å². The minimum Gasteiger partial charge on any atom is -0.714 e. The third kappa shape index (κ3) is 1.68. The first-order valence-corrected chi connectivity index (χ1v) is 6.05. The number of nitriles is 1. The number of benzene rings is 1. The Morgan fingerprint density at radius 3 is 2.11 bits per heavy atom. The summed E-state index contributed by atoms with van der Waals surface area (Å²) in [5.41, 5.74) is -0.617. The van der Waals surface area contributed by atoms with Gasteiger partial charge in [0.1, 0.15) is 5.54 Å². The number of hydrogen-bond donors (Lipinski definition) is 0. The molecule has 0 bridgehead atoms. The lowest BCUT2D eigenvalue weighted by Crippen LogP contribution is -2.53. The van der Waals surface area contributed by atoms with Gasteiger partial charge in [0, 0.05) is 5.21 Å². The van der Waals surface area contributed by atoms with Crippen molar-refractivity contribution >= 4 is 5.84 Å². The van der Waals surface area contributed by atoms with E-state index in [0.717, 1.165) is 9.80 Å². The third-order valence-electron chi connectivity index (χ3n) is 4.17. The van der Waals surface area contributed by atoms with Gasteiger partial charge in [-0.15, -0.1) is 0 Å². The fraction of sp³-hybridized carbons (Fsp3) is 0.429. The lowest BCUT2D eigenvalue weighted by Gasteiger charge is -2.32. The molecule has 1 aromatic rings. The Bertz CT molecular complexity index is 580. The van der Waals surface area contributed by atoms with Crippen LogP contribution in [0, 0.1) is 16.5 Å². The van der Waals surface area contributed by atoms with Gasteiger partial charge in [0.2, 0.25) is 0 Å². The second kappa shape index (κ2) is 3.97. The molecule has 0 atom stereocenters. The summed E-state index contributed by atoms with van der Waals surface area (Å²) < 4.78 is 0.765. The zero-order chi connectivity index (χ0) is 14.4. The number of hydrogen-bond acceptors (Lipinski definition) is 3. The predicted octanol–water partition coefficient (Wildman–Crippen LogP) is 2.03. The van der Waals surface area contributed by atoms with E-state index in [-0.39, 0.29) is 5.84 Å². The molecule has 0 fully saturated rings. The zero-order valence-corrected chi connectivity index (χ0v) is 11.5. The van der Waals surface area contributed by atoms with E-state index in [9.17, 15) is 10.4 Å². The molecule has 5 heteroatoms. The molecule has 1 aromatic carbocycles. The van der Waals surface area contributed by atoms with Gasteiger partial charge in [-0.05, 0) is 52.0 Å². The Labute approximate surface area is 112 Å². The SMILES string of the molecule is CC1(C)N([O])C(c2ccc(C#N)cc2)=[N+]([O-])C1(C)C. The third-order valence-corrected chi connectivity index (χ3v) is 4.17. The van der Waals surface area contributed by atoms with Gasteiger partial charge in [-0.2, -0.15) is 5.26 Å². The summed E-state index contributed by atoms with van der Waals surface area (Å²) in [6.45, 7) is 7.01. The number of amidine groups is 1. The molecule has 0 saturated heterocycles. The van der Waals surface area contributed by atoms with E-state index in [0.29, 0.717) is 11.1 Å². The summed E-state index contributed by atoms with van der Waals surface area (Å²) in [5.74, 6) is 0.0967. The van der Waals surface area contributed by atoms with Gasteiger partial charge in [-0.25, -0.2) is 0 Å². The van der Waals surface area contributed by atoms with Crippen LogP contribution in [0.15, 0.2) is 24.3 Å². The molecule has 19 heavy (non-hydrogen) atoms. The van der Waals surface area contributed by atoms with E-state index in [1.165, 1.54) is 0 Å². The Balaban J connectivity index is 2.55. The van der Waals surface area contributed by atoms with E-state index < -0.39 is 11.1 Å². The predicted molar refractivity (Wildman–Crippen MR) is 69.6 cm³/mol. The molecule has 1 radical (unpaired) electrons. The lowest BCUT2D eigenvalue weighted by molar-refractivity contribution is -0.539. The average molecular weight is 258 g/mol. The molecule has 1 aliphatic rings. The molecule has 0 aliphatic carbocycles. The number of hydroxylamine groups is 3. The van der Waals surface area contributed by atoms with Crippen molar-refractivity contribution in [3.63, 3.8) is 0 Å². The molecule has 1 heterocycles. The minimum absolute atomic E-state index is 0.0967. The Morgan fingerprint density at radius 2 is 1.74 bits per heavy atom. The van der Waals surface area contributed by atoms with E-state index in [1.54, 1.807) is 52.0 Å². The highest BCUT2D eigenvalue weighted by atomic mass is 16.5. The summed E-state index contributed by atoms with van der Waals surface area (Å²) in [5, 5.41) is 34.3. The van der Waals surface area contributed by atoms with Gasteiger partial charge in [-0.1, -0.05) is 5.06 Å². The highest BCUT2D eigenvalue weighted by Gasteiger charge is 2.59. The number of rotatable bonds is 1. The van der Waals surface area contributed by atoms with Gasteiger partial charge >= 0.3 is 5.84 Å².